The smallest absolute Gasteiger partial charge is 0.233 e. The van der Waals surface area contributed by atoms with Gasteiger partial charge >= 0.3 is 0 Å². The maximum absolute atomic E-state index is 12.6. The highest BCUT2D eigenvalue weighted by molar-refractivity contribution is 6.04. The van der Waals surface area contributed by atoms with Crippen LogP contribution in [-0.4, -0.2) is 50.0 Å². The van der Waals surface area contributed by atoms with E-state index in [0.29, 0.717) is 13.1 Å². The second-order valence-corrected chi connectivity index (χ2v) is 7.56. The Balaban J connectivity index is 1.52. The standard InChI is InChI=1S/C23H29N3O3/c1-16-13-17(2)23(18(3)14-16)24-21(27)15-22(28)26-11-9-25(10-12-26)19-5-7-20(29-4)8-6-19/h5-8,13-14H,9-12,15H2,1-4H3,(H,24,27). The van der Waals surface area contributed by atoms with E-state index < -0.39 is 0 Å². The minimum Gasteiger partial charge on any atom is -0.497 e. The maximum atomic E-state index is 12.6. The Morgan fingerprint density at radius 3 is 2.10 bits per heavy atom. The first-order chi connectivity index (χ1) is 13.9. The van der Waals surface area contributed by atoms with Crippen molar-refractivity contribution >= 4 is 23.2 Å². The SMILES string of the molecule is COc1ccc(N2CCN(C(=O)CC(=O)Nc3c(C)cc(C)cc3C)CC2)cc1. The third-order valence-electron chi connectivity index (χ3n) is 5.32. The van der Waals surface area contributed by atoms with Crippen molar-refractivity contribution in [3.8, 4) is 5.75 Å². The number of rotatable bonds is 5. The topological polar surface area (TPSA) is 61.9 Å². The van der Waals surface area contributed by atoms with E-state index in [9.17, 15) is 9.59 Å². The summed E-state index contributed by atoms with van der Waals surface area (Å²) in [6.07, 6.45) is -0.130. The van der Waals surface area contributed by atoms with E-state index in [-0.39, 0.29) is 18.2 Å². The van der Waals surface area contributed by atoms with Crippen LogP contribution in [0.1, 0.15) is 23.1 Å². The van der Waals surface area contributed by atoms with Crippen LogP contribution >= 0.6 is 0 Å². The number of ether oxygens (including phenoxy) is 1. The molecule has 2 aromatic carbocycles. The number of aryl methyl sites for hydroxylation is 3. The summed E-state index contributed by atoms with van der Waals surface area (Å²) < 4.78 is 5.20. The summed E-state index contributed by atoms with van der Waals surface area (Å²) in [7, 11) is 1.65. The van der Waals surface area contributed by atoms with Crippen LogP contribution < -0.4 is 15.0 Å². The number of nitrogens with one attached hydrogen (secondary N) is 1. The molecule has 1 fully saturated rings. The zero-order valence-corrected chi connectivity index (χ0v) is 17.6. The molecule has 1 saturated heterocycles. The fourth-order valence-electron chi connectivity index (χ4n) is 3.82. The molecule has 1 heterocycles. The minimum absolute atomic E-state index is 0.126. The van der Waals surface area contributed by atoms with Gasteiger partial charge in [0.15, 0.2) is 0 Å². The van der Waals surface area contributed by atoms with Gasteiger partial charge in [0.1, 0.15) is 12.2 Å². The molecule has 154 valence electrons. The average molecular weight is 396 g/mol. The molecule has 0 aliphatic carbocycles. The summed E-state index contributed by atoms with van der Waals surface area (Å²) in [4.78, 5) is 29.0. The molecule has 0 unspecified atom stereocenters. The number of carbonyl (C=O) groups is 2. The highest BCUT2D eigenvalue weighted by Gasteiger charge is 2.23. The van der Waals surface area contributed by atoms with Crippen LogP contribution in [0.4, 0.5) is 11.4 Å². The Labute approximate surface area is 172 Å². The molecule has 0 bridgehead atoms. The first-order valence-electron chi connectivity index (χ1n) is 9.92. The van der Waals surface area contributed by atoms with Crippen LogP contribution in [0.15, 0.2) is 36.4 Å². The van der Waals surface area contributed by atoms with Gasteiger partial charge in [-0.2, -0.15) is 0 Å². The van der Waals surface area contributed by atoms with Gasteiger partial charge in [0.25, 0.3) is 0 Å². The highest BCUT2D eigenvalue weighted by Crippen LogP contribution is 2.23. The summed E-state index contributed by atoms with van der Waals surface area (Å²) in [5, 5.41) is 2.91. The van der Waals surface area contributed by atoms with Crippen molar-refractivity contribution in [2.45, 2.75) is 27.2 Å². The lowest BCUT2D eigenvalue weighted by atomic mass is 10.0. The molecule has 0 radical (unpaired) electrons. The molecule has 6 heteroatoms. The van der Waals surface area contributed by atoms with Gasteiger partial charge in [-0.3, -0.25) is 9.59 Å². The Hall–Kier alpha value is -3.02. The summed E-state index contributed by atoms with van der Waals surface area (Å²) in [5.41, 5.74) is 5.09. The van der Waals surface area contributed by atoms with Crippen molar-refractivity contribution in [2.75, 3.05) is 43.5 Å². The number of piperazine rings is 1. The second kappa shape index (κ2) is 8.99. The first kappa shape index (κ1) is 20.7. The van der Waals surface area contributed by atoms with Gasteiger partial charge in [-0.15, -0.1) is 0 Å². The van der Waals surface area contributed by atoms with E-state index in [4.69, 9.17) is 4.74 Å². The lowest BCUT2D eigenvalue weighted by Crippen LogP contribution is -2.49. The summed E-state index contributed by atoms with van der Waals surface area (Å²) in [6, 6.07) is 12.0. The summed E-state index contributed by atoms with van der Waals surface area (Å²) >= 11 is 0. The molecule has 29 heavy (non-hydrogen) atoms. The number of benzene rings is 2. The number of amides is 2. The Morgan fingerprint density at radius 1 is 0.966 bits per heavy atom. The van der Waals surface area contributed by atoms with Crippen LogP contribution in [0.5, 0.6) is 5.75 Å². The number of carbonyl (C=O) groups excluding carboxylic acids is 2. The van der Waals surface area contributed by atoms with Crippen LogP contribution in [0.25, 0.3) is 0 Å². The van der Waals surface area contributed by atoms with Gasteiger partial charge in [-0.25, -0.2) is 0 Å². The van der Waals surface area contributed by atoms with Gasteiger partial charge in [0, 0.05) is 37.6 Å². The third kappa shape index (κ3) is 5.08. The van der Waals surface area contributed by atoms with Crippen LogP contribution in [0, 0.1) is 20.8 Å². The predicted molar refractivity (Wildman–Crippen MR) is 116 cm³/mol. The molecule has 0 spiro atoms. The van der Waals surface area contributed by atoms with E-state index in [0.717, 1.165) is 46.9 Å². The molecule has 6 nitrogen and oxygen atoms in total. The van der Waals surface area contributed by atoms with Crippen molar-refractivity contribution in [2.24, 2.45) is 0 Å². The van der Waals surface area contributed by atoms with Crippen LogP contribution in [0.3, 0.4) is 0 Å². The number of anilines is 2. The van der Waals surface area contributed by atoms with Crippen molar-refractivity contribution in [1.82, 2.24) is 4.90 Å². The number of hydrogen-bond donors (Lipinski definition) is 1. The summed E-state index contributed by atoms with van der Waals surface area (Å²) in [6.45, 7) is 8.68. The Kier molecular flexibility index (Phi) is 6.42. The van der Waals surface area contributed by atoms with Crippen molar-refractivity contribution in [3.05, 3.63) is 53.1 Å². The molecule has 2 aromatic rings. The molecule has 0 aromatic heterocycles. The lowest BCUT2D eigenvalue weighted by molar-refractivity contribution is -0.134. The molecule has 0 saturated carbocycles. The van der Waals surface area contributed by atoms with Crippen molar-refractivity contribution < 1.29 is 14.3 Å². The molecular formula is C23H29N3O3. The molecule has 0 atom stereocenters. The zero-order chi connectivity index (χ0) is 21.0. The predicted octanol–water partition coefficient (Wildman–Crippen LogP) is 3.30. The molecule has 3 rings (SSSR count). The summed E-state index contributed by atoms with van der Waals surface area (Å²) in [5.74, 6) is 0.439. The molecule has 1 aliphatic heterocycles. The second-order valence-electron chi connectivity index (χ2n) is 7.56. The van der Waals surface area contributed by atoms with Gasteiger partial charge < -0.3 is 19.9 Å². The van der Waals surface area contributed by atoms with Gasteiger partial charge in [0.2, 0.25) is 11.8 Å². The molecule has 2 amide bonds. The van der Waals surface area contributed by atoms with Gasteiger partial charge in [-0.1, -0.05) is 17.7 Å². The molecule has 1 N–H and O–H groups in total. The highest BCUT2D eigenvalue weighted by atomic mass is 16.5. The van der Waals surface area contributed by atoms with E-state index in [1.807, 2.05) is 57.2 Å². The Bertz CT molecular complexity index is 862. The van der Waals surface area contributed by atoms with Crippen molar-refractivity contribution in [1.29, 1.82) is 0 Å². The lowest BCUT2D eigenvalue weighted by Gasteiger charge is -2.36. The van der Waals surface area contributed by atoms with E-state index in [1.54, 1.807) is 12.0 Å². The van der Waals surface area contributed by atoms with Gasteiger partial charge in [0.05, 0.1) is 7.11 Å². The quantitative estimate of drug-likeness (QED) is 0.789. The average Bonchev–Trinajstić information content (AvgIpc) is 2.71. The normalized spacial score (nSPS) is 13.9. The van der Waals surface area contributed by atoms with Crippen LogP contribution in [0.2, 0.25) is 0 Å². The third-order valence-corrected chi connectivity index (χ3v) is 5.32. The monoisotopic (exact) mass is 395 g/mol. The van der Waals surface area contributed by atoms with Crippen molar-refractivity contribution in [3.63, 3.8) is 0 Å². The first-order valence-corrected chi connectivity index (χ1v) is 9.92. The van der Waals surface area contributed by atoms with Gasteiger partial charge in [-0.05, 0) is 56.2 Å². The van der Waals surface area contributed by atoms with E-state index in [1.165, 1.54) is 0 Å². The van der Waals surface area contributed by atoms with Crippen LogP contribution in [-0.2, 0) is 9.59 Å². The fourth-order valence-corrected chi connectivity index (χ4v) is 3.82. The Morgan fingerprint density at radius 2 is 1.55 bits per heavy atom. The number of nitrogens with zero attached hydrogens (tertiary/aromatic N) is 2. The molecular weight excluding hydrogens is 366 g/mol. The maximum Gasteiger partial charge on any atom is 0.233 e. The van der Waals surface area contributed by atoms with E-state index in [2.05, 4.69) is 10.2 Å². The zero-order valence-electron chi connectivity index (χ0n) is 17.6. The number of hydrogen-bond acceptors (Lipinski definition) is 4. The van der Waals surface area contributed by atoms with E-state index >= 15 is 0 Å². The molecule has 1 aliphatic rings. The minimum atomic E-state index is -0.261. The largest absolute Gasteiger partial charge is 0.497 e. The fraction of sp³-hybridized carbons (Fsp3) is 0.391. The number of methoxy groups -OCH3 is 1.